The minimum atomic E-state index is -0.657. The van der Waals surface area contributed by atoms with E-state index in [9.17, 15) is 14.4 Å². The Balaban J connectivity index is 1.57. The number of ether oxygens (including phenoxy) is 1. The van der Waals surface area contributed by atoms with Crippen molar-refractivity contribution in [1.29, 1.82) is 0 Å². The number of halogens is 2. The summed E-state index contributed by atoms with van der Waals surface area (Å²) in [7, 11) is 0. The van der Waals surface area contributed by atoms with Gasteiger partial charge in [-0.25, -0.2) is 9.69 Å². The van der Waals surface area contributed by atoms with Gasteiger partial charge >= 0.3 is 5.97 Å². The third kappa shape index (κ3) is 3.32. The van der Waals surface area contributed by atoms with Crippen LogP contribution in [0.3, 0.4) is 0 Å². The van der Waals surface area contributed by atoms with Crippen LogP contribution >= 0.6 is 23.2 Å². The van der Waals surface area contributed by atoms with Crippen LogP contribution < -0.4 is 9.64 Å². The van der Waals surface area contributed by atoms with E-state index in [1.165, 1.54) is 29.2 Å². The first-order valence-electron chi connectivity index (χ1n) is 8.76. The van der Waals surface area contributed by atoms with Crippen LogP contribution in [0.2, 0.25) is 10.0 Å². The van der Waals surface area contributed by atoms with E-state index in [0.29, 0.717) is 23.6 Å². The zero-order chi connectivity index (χ0) is 19.8. The normalized spacial score (nSPS) is 21.0. The summed E-state index contributed by atoms with van der Waals surface area (Å²) < 4.78 is 5.38. The summed E-state index contributed by atoms with van der Waals surface area (Å²) in [5.74, 6) is -1.53. The van der Waals surface area contributed by atoms with Crippen LogP contribution in [0.15, 0.2) is 54.6 Å². The summed E-state index contributed by atoms with van der Waals surface area (Å²) in [4.78, 5) is 39.0. The minimum Gasteiger partial charge on any atom is -0.423 e. The molecule has 2 aliphatic rings. The zero-order valence-electron chi connectivity index (χ0n) is 14.6. The highest BCUT2D eigenvalue weighted by atomic mass is 35.5. The molecule has 2 atom stereocenters. The van der Waals surface area contributed by atoms with Crippen LogP contribution in [0.1, 0.15) is 23.2 Å². The fourth-order valence-electron chi connectivity index (χ4n) is 3.56. The van der Waals surface area contributed by atoms with Crippen molar-refractivity contribution < 1.29 is 19.1 Å². The highest BCUT2D eigenvalue weighted by molar-refractivity contribution is 6.36. The minimum absolute atomic E-state index is 0.168. The van der Waals surface area contributed by atoms with E-state index in [0.717, 1.165) is 0 Å². The molecular formula is C21H15Cl2NO4. The quantitative estimate of drug-likeness (QED) is 0.316. The molecule has 1 aliphatic heterocycles. The first kappa shape index (κ1) is 18.7. The number of anilines is 1. The molecule has 7 heteroatoms. The number of benzene rings is 2. The lowest BCUT2D eigenvalue weighted by Crippen LogP contribution is -2.30. The number of hydrogen-bond donors (Lipinski definition) is 0. The molecule has 1 aliphatic carbocycles. The Morgan fingerprint density at radius 2 is 1.64 bits per heavy atom. The van der Waals surface area contributed by atoms with Crippen LogP contribution in [-0.2, 0) is 9.59 Å². The van der Waals surface area contributed by atoms with Crippen molar-refractivity contribution in [3.05, 3.63) is 70.2 Å². The molecule has 2 unspecified atom stereocenters. The van der Waals surface area contributed by atoms with Gasteiger partial charge in [-0.2, -0.15) is 0 Å². The first-order chi connectivity index (χ1) is 13.5. The fourth-order valence-corrected chi connectivity index (χ4v) is 4.04. The third-order valence-corrected chi connectivity index (χ3v) is 5.49. The van der Waals surface area contributed by atoms with Crippen LogP contribution in [0.4, 0.5) is 5.69 Å². The zero-order valence-corrected chi connectivity index (χ0v) is 16.1. The van der Waals surface area contributed by atoms with Gasteiger partial charge in [-0.15, -0.1) is 0 Å². The van der Waals surface area contributed by atoms with Crippen LogP contribution in [-0.4, -0.2) is 17.8 Å². The van der Waals surface area contributed by atoms with Crippen molar-refractivity contribution in [2.24, 2.45) is 11.8 Å². The van der Waals surface area contributed by atoms with Gasteiger partial charge in [0, 0.05) is 11.1 Å². The van der Waals surface area contributed by atoms with Gasteiger partial charge in [-0.3, -0.25) is 9.59 Å². The summed E-state index contributed by atoms with van der Waals surface area (Å²) in [6.07, 6.45) is 5.00. The molecule has 2 aromatic rings. The van der Waals surface area contributed by atoms with E-state index >= 15 is 0 Å². The lowest BCUT2D eigenvalue weighted by molar-refractivity contribution is -0.122. The molecular weight excluding hydrogens is 401 g/mol. The molecule has 142 valence electrons. The number of esters is 1. The summed E-state index contributed by atoms with van der Waals surface area (Å²) >= 11 is 11.9. The fraction of sp³-hybridized carbons (Fsp3) is 0.190. The number of amides is 2. The standard InChI is InChI=1S/C21H15Cl2NO4/c22-12-8-9-17(18(23)10-12)21(27)28-14-5-3-4-13(11-14)24-19(25)15-6-1-2-7-16(15)20(24)26/h1-5,8-11,15-16H,6-7H2. The van der Waals surface area contributed by atoms with Crippen molar-refractivity contribution in [3.8, 4) is 5.75 Å². The van der Waals surface area contributed by atoms with Crippen molar-refractivity contribution in [2.75, 3.05) is 4.90 Å². The molecule has 0 spiro atoms. The summed E-state index contributed by atoms with van der Waals surface area (Å²) in [6, 6.07) is 10.8. The van der Waals surface area contributed by atoms with Crippen molar-refractivity contribution in [3.63, 3.8) is 0 Å². The molecule has 2 amide bonds. The predicted octanol–water partition coefficient (Wildman–Crippen LogP) is 4.67. The maximum Gasteiger partial charge on any atom is 0.345 e. The average Bonchev–Trinajstić information content (AvgIpc) is 2.93. The van der Waals surface area contributed by atoms with E-state index < -0.39 is 5.97 Å². The van der Waals surface area contributed by atoms with Crippen LogP contribution in [0, 0.1) is 11.8 Å². The molecule has 0 bridgehead atoms. The van der Waals surface area contributed by atoms with E-state index in [-0.39, 0.29) is 40.0 Å². The number of imide groups is 1. The molecule has 4 rings (SSSR count). The Hall–Kier alpha value is -2.63. The summed E-state index contributed by atoms with van der Waals surface area (Å²) in [6.45, 7) is 0. The monoisotopic (exact) mass is 415 g/mol. The second kappa shape index (κ2) is 7.41. The third-order valence-electron chi connectivity index (χ3n) is 4.94. The number of rotatable bonds is 3. The van der Waals surface area contributed by atoms with E-state index in [2.05, 4.69) is 0 Å². The van der Waals surface area contributed by atoms with Gasteiger partial charge in [0.1, 0.15) is 5.75 Å². The highest BCUT2D eigenvalue weighted by Gasteiger charge is 2.47. The Morgan fingerprint density at radius 1 is 0.964 bits per heavy atom. The van der Waals surface area contributed by atoms with Gasteiger partial charge in [-0.05, 0) is 43.2 Å². The molecule has 0 N–H and O–H groups in total. The second-order valence-electron chi connectivity index (χ2n) is 6.68. The highest BCUT2D eigenvalue weighted by Crippen LogP contribution is 2.38. The van der Waals surface area contributed by atoms with Crippen LogP contribution in [0.25, 0.3) is 0 Å². The van der Waals surface area contributed by atoms with Gasteiger partial charge < -0.3 is 4.74 Å². The Bertz CT molecular complexity index is 991. The first-order valence-corrected chi connectivity index (χ1v) is 9.51. The molecule has 0 aromatic heterocycles. The Morgan fingerprint density at radius 3 is 2.29 bits per heavy atom. The second-order valence-corrected chi connectivity index (χ2v) is 7.52. The van der Waals surface area contributed by atoms with E-state index in [1.807, 2.05) is 12.2 Å². The lowest BCUT2D eigenvalue weighted by atomic mass is 9.85. The SMILES string of the molecule is O=C(Oc1cccc(N2C(=O)C3CC=CCC3C2=O)c1)c1ccc(Cl)cc1Cl. The molecule has 28 heavy (non-hydrogen) atoms. The number of nitrogens with zero attached hydrogens (tertiary/aromatic N) is 1. The smallest absolute Gasteiger partial charge is 0.345 e. The van der Waals surface area contributed by atoms with Gasteiger partial charge in [-0.1, -0.05) is 41.4 Å². The number of hydrogen-bond acceptors (Lipinski definition) is 4. The average molecular weight is 416 g/mol. The number of carbonyl (C=O) groups is 3. The molecule has 1 fully saturated rings. The molecule has 5 nitrogen and oxygen atoms in total. The maximum atomic E-state index is 12.7. The van der Waals surface area contributed by atoms with E-state index in [4.69, 9.17) is 27.9 Å². The topological polar surface area (TPSA) is 63.7 Å². The number of allylic oxidation sites excluding steroid dienone is 2. The van der Waals surface area contributed by atoms with Gasteiger partial charge in [0.05, 0.1) is 28.1 Å². The van der Waals surface area contributed by atoms with Gasteiger partial charge in [0.15, 0.2) is 0 Å². The van der Waals surface area contributed by atoms with E-state index in [1.54, 1.807) is 18.2 Å². The Kier molecular flexibility index (Phi) is 4.96. The van der Waals surface area contributed by atoms with Crippen molar-refractivity contribution in [2.45, 2.75) is 12.8 Å². The van der Waals surface area contributed by atoms with Crippen molar-refractivity contribution >= 4 is 46.7 Å². The van der Waals surface area contributed by atoms with Gasteiger partial charge in [0.2, 0.25) is 11.8 Å². The maximum absolute atomic E-state index is 12.7. The molecule has 2 aromatic carbocycles. The van der Waals surface area contributed by atoms with Gasteiger partial charge in [0.25, 0.3) is 0 Å². The summed E-state index contributed by atoms with van der Waals surface area (Å²) in [5, 5.41) is 0.584. The largest absolute Gasteiger partial charge is 0.423 e. The number of carbonyl (C=O) groups excluding carboxylic acids is 3. The van der Waals surface area contributed by atoms with Crippen LogP contribution in [0.5, 0.6) is 5.75 Å². The predicted molar refractivity (Wildman–Crippen MR) is 106 cm³/mol. The molecule has 1 saturated heterocycles. The van der Waals surface area contributed by atoms with Crippen molar-refractivity contribution in [1.82, 2.24) is 0 Å². The summed E-state index contributed by atoms with van der Waals surface area (Å²) in [5.41, 5.74) is 0.554. The molecule has 1 heterocycles. The molecule has 0 radical (unpaired) electrons. The number of fused-ring (bicyclic) bond motifs is 1. The lowest BCUT2D eigenvalue weighted by Gasteiger charge is -2.16. The Labute approximate surface area is 171 Å². The molecule has 0 saturated carbocycles.